The summed E-state index contributed by atoms with van der Waals surface area (Å²) in [5, 5.41) is 32.8. The Morgan fingerprint density at radius 3 is 2.40 bits per heavy atom. The third kappa shape index (κ3) is 5.20. The normalized spacial score (nSPS) is 15.0. The number of nitro groups is 2. The van der Waals surface area contributed by atoms with E-state index in [1.807, 2.05) is 13.8 Å². The number of carbonyl (C=O) groups excluding carboxylic acids is 1. The fourth-order valence-electron chi connectivity index (χ4n) is 4.29. The number of thiazole rings is 1. The number of ether oxygens (including phenoxy) is 2. The van der Waals surface area contributed by atoms with Crippen LogP contribution in [0.3, 0.4) is 0 Å². The quantitative estimate of drug-likeness (QED) is 0.243. The van der Waals surface area contributed by atoms with Crippen LogP contribution in [0, 0.1) is 20.2 Å². The smallest absolute Gasteiger partial charge is 0.338 e. The van der Waals surface area contributed by atoms with Gasteiger partial charge in [-0.3, -0.25) is 29.6 Å². The maximum absolute atomic E-state index is 13.8. The number of aromatic nitrogens is 1. The van der Waals surface area contributed by atoms with Crippen molar-refractivity contribution in [1.29, 1.82) is 0 Å². The van der Waals surface area contributed by atoms with Crippen molar-refractivity contribution in [3.8, 4) is 11.5 Å². The number of allylic oxidation sites excluding steroid dienone is 1. The maximum atomic E-state index is 13.8. The van der Waals surface area contributed by atoms with Gasteiger partial charge >= 0.3 is 17.3 Å². The van der Waals surface area contributed by atoms with E-state index in [2.05, 4.69) is 4.99 Å². The molecule has 0 fully saturated rings. The largest absolute Gasteiger partial charge is 0.497 e. The third-order valence-corrected chi connectivity index (χ3v) is 6.86. The Morgan fingerprint density at radius 1 is 1.20 bits per heavy atom. The first-order valence-corrected chi connectivity index (χ1v) is 12.9. The highest BCUT2D eigenvalue weighted by Gasteiger charge is 2.35. The second-order valence-corrected chi connectivity index (χ2v) is 9.94. The molecule has 208 valence electrons. The molecular weight excluding hydrogens is 544 g/mol. The molecule has 0 saturated heterocycles. The number of phenolic OH excluding ortho intramolecular Hbond substituents is 1. The monoisotopic (exact) mass is 568 g/mol. The molecule has 4 rings (SSSR count). The van der Waals surface area contributed by atoms with E-state index in [0.29, 0.717) is 17.0 Å². The average Bonchev–Trinajstić information content (AvgIpc) is 3.18. The zero-order valence-corrected chi connectivity index (χ0v) is 22.6. The minimum absolute atomic E-state index is 0.0400. The zero-order chi connectivity index (χ0) is 29.3. The molecule has 0 spiro atoms. The number of para-hydroxylation sites is 1. The maximum Gasteiger partial charge on any atom is 0.338 e. The second-order valence-electron chi connectivity index (χ2n) is 8.93. The number of nitrogens with zero attached hydrogens (tertiary/aromatic N) is 4. The van der Waals surface area contributed by atoms with E-state index in [9.17, 15) is 34.9 Å². The van der Waals surface area contributed by atoms with Gasteiger partial charge in [0.25, 0.3) is 11.3 Å². The van der Waals surface area contributed by atoms with E-state index in [0.717, 1.165) is 23.5 Å². The Kier molecular flexibility index (Phi) is 7.81. The number of nitro benzene ring substituents is 2. The van der Waals surface area contributed by atoms with Crippen molar-refractivity contribution in [2.45, 2.75) is 39.8 Å². The second kappa shape index (κ2) is 11.1. The molecule has 40 heavy (non-hydrogen) atoms. The molecule has 13 nitrogen and oxygen atoms in total. The number of phenols is 1. The summed E-state index contributed by atoms with van der Waals surface area (Å²) in [5.41, 5.74) is -1.44. The Morgan fingerprint density at radius 2 is 1.82 bits per heavy atom. The number of benzene rings is 2. The first-order chi connectivity index (χ1) is 18.9. The number of esters is 1. The molecule has 0 radical (unpaired) electrons. The van der Waals surface area contributed by atoms with Gasteiger partial charge in [-0.05, 0) is 45.4 Å². The minimum Gasteiger partial charge on any atom is -0.497 e. The van der Waals surface area contributed by atoms with Gasteiger partial charge in [0, 0.05) is 17.7 Å². The van der Waals surface area contributed by atoms with Gasteiger partial charge in [0.15, 0.2) is 4.80 Å². The van der Waals surface area contributed by atoms with Crippen molar-refractivity contribution in [3.63, 3.8) is 0 Å². The minimum atomic E-state index is -1.09. The molecule has 3 aromatic rings. The number of rotatable bonds is 8. The van der Waals surface area contributed by atoms with E-state index in [1.165, 1.54) is 10.6 Å². The first-order valence-electron chi connectivity index (χ1n) is 12.1. The van der Waals surface area contributed by atoms with Crippen LogP contribution in [0.4, 0.5) is 11.4 Å². The Hall–Kier alpha value is -4.85. The molecule has 1 aliphatic rings. The number of carbonyl (C=O) groups is 1. The molecule has 1 aromatic heterocycles. The van der Waals surface area contributed by atoms with Crippen LogP contribution in [0.15, 0.2) is 57.5 Å². The van der Waals surface area contributed by atoms with Crippen LogP contribution in [-0.4, -0.2) is 38.2 Å². The highest BCUT2D eigenvalue weighted by atomic mass is 32.1. The van der Waals surface area contributed by atoms with Crippen molar-refractivity contribution in [2.75, 3.05) is 6.61 Å². The predicted octanol–water partition coefficient (Wildman–Crippen LogP) is 3.11. The summed E-state index contributed by atoms with van der Waals surface area (Å²) in [6.07, 6.45) is 1.02. The molecule has 2 heterocycles. The average molecular weight is 569 g/mol. The van der Waals surface area contributed by atoms with Crippen LogP contribution in [-0.2, 0) is 9.53 Å². The fraction of sp³-hybridized carbons (Fsp3) is 0.269. The standard InChI is InChI=1S/C26H24N4O9S/c1-5-38-25(33)21-14(4)27-26-28(22(21)16-8-6-7-9-19(16)39-13(2)3)24(32)20(40-26)12-15-10-17(29(34)35)23(31)18(11-15)30(36)37/h6-13,22,31H,5H2,1-4H3/b20-12-/t22-/m0/s1. The first kappa shape index (κ1) is 28.2. The molecular formula is C26H24N4O9S. The van der Waals surface area contributed by atoms with E-state index < -0.39 is 44.5 Å². The van der Waals surface area contributed by atoms with Gasteiger partial charge in [-0.2, -0.15) is 0 Å². The van der Waals surface area contributed by atoms with Crippen LogP contribution >= 0.6 is 11.3 Å². The van der Waals surface area contributed by atoms with Crippen LogP contribution < -0.4 is 19.6 Å². The highest BCUT2D eigenvalue weighted by molar-refractivity contribution is 7.07. The topological polar surface area (TPSA) is 176 Å². The van der Waals surface area contributed by atoms with E-state index in [4.69, 9.17) is 9.47 Å². The van der Waals surface area contributed by atoms with Crippen LogP contribution in [0.2, 0.25) is 0 Å². The molecule has 0 saturated carbocycles. The van der Waals surface area contributed by atoms with Crippen molar-refractivity contribution in [2.24, 2.45) is 4.99 Å². The van der Waals surface area contributed by atoms with Gasteiger partial charge < -0.3 is 14.6 Å². The van der Waals surface area contributed by atoms with Crippen LogP contribution in [0.5, 0.6) is 11.5 Å². The lowest BCUT2D eigenvalue weighted by Crippen LogP contribution is -2.40. The van der Waals surface area contributed by atoms with Crippen molar-refractivity contribution >= 4 is 34.8 Å². The van der Waals surface area contributed by atoms with Crippen LogP contribution in [0.1, 0.15) is 44.9 Å². The number of hydrogen-bond donors (Lipinski definition) is 1. The molecule has 0 bridgehead atoms. The summed E-state index contributed by atoms with van der Waals surface area (Å²) in [4.78, 5) is 52.5. The van der Waals surface area contributed by atoms with Gasteiger partial charge in [0.2, 0.25) is 0 Å². The summed E-state index contributed by atoms with van der Waals surface area (Å²) in [6.45, 7) is 7.05. The third-order valence-electron chi connectivity index (χ3n) is 5.88. The Bertz CT molecular complexity index is 1720. The number of fused-ring (bicyclic) bond motifs is 1. The van der Waals surface area contributed by atoms with Gasteiger partial charge in [-0.15, -0.1) is 0 Å². The highest BCUT2D eigenvalue weighted by Crippen LogP contribution is 2.38. The summed E-state index contributed by atoms with van der Waals surface area (Å²) in [7, 11) is 0. The molecule has 0 unspecified atom stereocenters. The lowest BCUT2D eigenvalue weighted by Gasteiger charge is -2.26. The lowest BCUT2D eigenvalue weighted by molar-refractivity contribution is -0.396. The molecule has 1 N–H and O–H groups in total. The van der Waals surface area contributed by atoms with Crippen molar-refractivity contribution < 1.29 is 29.2 Å². The van der Waals surface area contributed by atoms with Gasteiger partial charge in [0.1, 0.15) is 11.8 Å². The van der Waals surface area contributed by atoms with Gasteiger partial charge in [0.05, 0.1) is 38.4 Å². The van der Waals surface area contributed by atoms with Crippen molar-refractivity contribution in [3.05, 3.63) is 98.7 Å². The molecule has 1 aliphatic heterocycles. The van der Waals surface area contributed by atoms with Gasteiger partial charge in [-0.1, -0.05) is 29.5 Å². The van der Waals surface area contributed by atoms with E-state index in [-0.39, 0.29) is 33.2 Å². The fourth-order valence-corrected chi connectivity index (χ4v) is 5.34. The molecule has 1 atom stereocenters. The summed E-state index contributed by atoms with van der Waals surface area (Å²) in [6, 6.07) is 7.83. The summed E-state index contributed by atoms with van der Waals surface area (Å²) in [5.74, 6) is -1.31. The molecule has 0 amide bonds. The SMILES string of the molecule is CCOC(=O)C1=C(C)N=c2s/c(=C\c3cc([N+](=O)[O-])c(O)c([N+](=O)[O-])c3)c(=O)n2[C@H]1c1ccccc1OC(C)C. The van der Waals surface area contributed by atoms with E-state index in [1.54, 1.807) is 38.1 Å². The zero-order valence-electron chi connectivity index (χ0n) is 21.8. The molecule has 0 aliphatic carbocycles. The molecule has 14 heteroatoms. The van der Waals surface area contributed by atoms with E-state index >= 15 is 0 Å². The molecule has 2 aromatic carbocycles. The number of aromatic hydroxyl groups is 1. The number of hydrogen-bond acceptors (Lipinski definition) is 11. The summed E-state index contributed by atoms with van der Waals surface area (Å²) < 4.78 is 12.6. The van der Waals surface area contributed by atoms with Gasteiger partial charge in [-0.25, -0.2) is 9.79 Å². The van der Waals surface area contributed by atoms with Crippen molar-refractivity contribution in [1.82, 2.24) is 4.57 Å². The Balaban J connectivity index is 2.01. The lowest BCUT2D eigenvalue weighted by atomic mass is 9.95. The van der Waals surface area contributed by atoms with Crippen LogP contribution in [0.25, 0.3) is 6.08 Å². The summed E-state index contributed by atoms with van der Waals surface area (Å²) >= 11 is 0.937. The Labute approximate surface area is 230 Å². The predicted molar refractivity (Wildman–Crippen MR) is 144 cm³/mol.